The summed E-state index contributed by atoms with van der Waals surface area (Å²) in [4.78, 5) is 15.5. The maximum absolute atomic E-state index is 11.6. The second-order valence-corrected chi connectivity index (χ2v) is 2.95. The molecule has 2 rings (SSSR count). The van der Waals surface area contributed by atoms with Gasteiger partial charge in [-0.25, -0.2) is 4.98 Å². The van der Waals surface area contributed by atoms with Crippen molar-refractivity contribution in [3.05, 3.63) is 29.7 Å². The van der Waals surface area contributed by atoms with E-state index in [0.717, 1.165) is 0 Å². The molecule has 0 aliphatic rings. The molecule has 0 aliphatic carbocycles. The zero-order chi connectivity index (χ0) is 11.4. The van der Waals surface area contributed by atoms with Crippen LogP contribution in [0.15, 0.2) is 18.3 Å². The molecule has 82 valence electrons. The molecule has 4 N–H and O–H groups in total. The van der Waals surface area contributed by atoms with Gasteiger partial charge in [0.25, 0.3) is 5.91 Å². The molecule has 0 aliphatic heterocycles. The number of nitrogens with zero attached hydrogens (tertiary/aromatic N) is 4. The number of aromatic nitrogens is 5. The molecule has 1 amide bonds. The summed E-state index contributed by atoms with van der Waals surface area (Å²) in [6.45, 7) is 0.184. The van der Waals surface area contributed by atoms with Crippen LogP contribution in [0, 0.1) is 0 Å². The average molecular weight is 219 g/mol. The van der Waals surface area contributed by atoms with Gasteiger partial charge in [0.05, 0.1) is 12.1 Å². The van der Waals surface area contributed by atoms with Crippen LogP contribution in [-0.2, 0) is 6.54 Å². The van der Waals surface area contributed by atoms with Gasteiger partial charge < -0.3 is 11.1 Å². The largest absolute Gasteiger partial charge is 0.383 e. The van der Waals surface area contributed by atoms with E-state index in [2.05, 4.69) is 30.9 Å². The number of nitrogen functional groups attached to an aromatic ring is 1. The molecule has 0 saturated heterocycles. The summed E-state index contributed by atoms with van der Waals surface area (Å²) < 4.78 is 0. The smallest absolute Gasteiger partial charge is 0.255 e. The van der Waals surface area contributed by atoms with Gasteiger partial charge in [0.15, 0.2) is 5.82 Å². The van der Waals surface area contributed by atoms with Gasteiger partial charge in [-0.1, -0.05) is 5.21 Å². The molecular formula is C8H9N7O. The molecule has 0 spiro atoms. The Hall–Kier alpha value is -2.51. The van der Waals surface area contributed by atoms with Crippen LogP contribution in [0.5, 0.6) is 0 Å². The van der Waals surface area contributed by atoms with Crippen LogP contribution < -0.4 is 11.1 Å². The van der Waals surface area contributed by atoms with E-state index in [-0.39, 0.29) is 18.3 Å². The second kappa shape index (κ2) is 4.34. The Morgan fingerprint density at radius 1 is 1.56 bits per heavy atom. The first-order valence-electron chi connectivity index (χ1n) is 4.48. The minimum absolute atomic E-state index is 0.184. The number of carbonyl (C=O) groups is 1. The number of hydrogen-bond acceptors (Lipinski definition) is 6. The predicted molar refractivity (Wildman–Crippen MR) is 54.0 cm³/mol. The predicted octanol–water partition coefficient (Wildman–Crippen LogP) is -0.893. The molecule has 0 atom stereocenters. The number of tetrazole rings is 1. The van der Waals surface area contributed by atoms with Crippen LogP contribution in [0.1, 0.15) is 16.2 Å². The quantitative estimate of drug-likeness (QED) is 0.615. The topological polar surface area (TPSA) is 122 Å². The van der Waals surface area contributed by atoms with E-state index in [1.54, 1.807) is 12.1 Å². The van der Waals surface area contributed by atoms with Crippen molar-refractivity contribution in [2.45, 2.75) is 6.54 Å². The lowest BCUT2D eigenvalue weighted by atomic mass is 10.2. The van der Waals surface area contributed by atoms with Crippen LogP contribution in [0.2, 0.25) is 0 Å². The number of nitrogens with one attached hydrogen (secondary N) is 2. The Balaban J connectivity index is 2.01. The van der Waals surface area contributed by atoms with Crippen molar-refractivity contribution in [2.24, 2.45) is 0 Å². The first-order valence-corrected chi connectivity index (χ1v) is 4.48. The van der Waals surface area contributed by atoms with Gasteiger partial charge in [-0.05, 0) is 12.1 Å². The van der Waals surface area contributed by atoms with Gasteiger partial charge in [0, 0.05) is 6.20 Å². The van der Waals surface area contributed by atoms with Gasteiger partial charge in [-0.2, -0.15) is 5.21 Å². The number of carbonyl (C=O) groups excluding carboxylic acids is 1. The van der Waals surface area contributed by atoms with E-state index in [9.17, 15) is 4.79 Å². The number of pyridine rings is 1. The third kappa shape index (κ3) is 2.11. The van der Waals surface area contributed by atoms with E-state index >= 15 is 0 Å². The maximum atomic E-state index is 11.6. The fourth-order valence-electron chi connectivity index (χ4n) is 1.12. The molecule has 0 fully saturated rings. The SMILES string of the molecule is Nc1ncccc1C(=O)NCc1nn[nH]n1. The number of aromatic amines is 1. The standard InChI is InChI=1S/C8H9N7O/c9-7-5(2-1-3-10-7)8(16)11-4-6-12-14-15-13-6/h1-3H,4H2,(H2,9,10)(H,11,16)(H,12,13,14,15). The molecule has 8 heteroatoms. The summed E-state index contributed by atoms with van der Waals surface area (Å²) in [5, 5.41) is 15.6. The van der Waals surface area contributed by atoms with Crippen molar-refractivity contribution in [3.63, 3.8) is 0 Å². The lowest BCUT2D eigenvalue weighted by molar-refractivity contribution is 0.0950. The Morgan fingerprint density at radius 2 is 2.44 bits per heavy atom. The number of anilines is 1. The molecule has 2 heterocycles. The fourth-order valence-corrected chi connectivity index (χ4v) is 1.12. The maximum Gasteiger partial charge on any atom is 0.255 e. The number of rotatable bonds is 3. The lowest BCUT2D eigenvalue weighted by Crippen LogP contribution is -2.24. The van der Waals surface area contributed by atoms with Gasteiger partial charge in [-0.15, -0.1) is 10.2 Å². The summed E-state index contributed by atoms with van der Waals surface area (Å²) in [6, 6.07) is 3.23. The number of H-pyrrole nitrogens is 1. The molecule has 0 unspecified atom stereocenters. The first kappa shape index (κ1) is 10.0. The van der Waals surface area contributed by atoms with Crippen molar-refractivity contribution < 1.29 is 4.79 Å². The van der Waals surface area contributed by atoms with Crippen LogP contribution >= 0.6 is 0 Å². The summed E-state index contributed by atoms with van der Waals surface area (Å²) in [5.41, 5.74) is 5.87. The van der Waals surface area contributed by atoms with Crippen molar-refractivity contribution in [2.75, 3.05) is 5.73 Å². The van der Waals surface area contributed by atoms with Gasteiger partial charge in [0.2, 0.25) is 0 Å². The summed E-state index contributed by atoms with van der Waals surface area (Å²) in [7, 11) is 0. The van der Waals surface area contributed by atoms with Gasteiger partial charge in [-0.3, -0.25) is 4.79 Å². The Bertz CT molecular complexity index is 481. The molecule has 8 nitrogen and oxygen atoms in total. The van der Waals surface area contributed by atoms with Crippen LogP contribution in [0.4, 0.5) is 5.82 Å². The third-order valence-corrected chi connectivity index (χ3v) is 1.88. The van der Waals surface area contributed by atoms with Crippen molar-refractivity contribution in [1.82, 2.24) is 30.9 Å². The van der Waals surface area contributed by atoms with Crippen molar-refractivity contribution >= 4 is 11.7 Å². The minimum atomic E-state index is -0.324. The molecule has 2 aromatic heterocycles. The van der Waals surface area contributed by atoms with E-state index in [1.807, 2.05) is 0 Å². The second-order valence-electron chi connectivity index (χ2n) is 2.95. The number of amides is 1. The van der Waals surface area contributed by atoms with Crippen molar-refractivity contribution in [3.8, 4) is 0 Å². The molecule has 2 aromatic rings. The average Bonchev–Trinajstić information content (AvgIpc) is 2.79. The summed E-state index contributed by atoms with van der Waals surface area (Å²) in [5.74, 6) is 0.263. The van der Waals surface area contributed by atoms with E-state index in [0.29, 0.717) is 11.4 Å². The zero-order valence-corrected chi connectivity index (χ0v) is 8.21. The summed E-state index contributed by atoms with van der Waals surface area (Å²) >= 11 is 0. The van der Waals surface area contributed by atoms with Crippen LogP contribution in [0.25, 0.3) is 0 Å². The molecule has 0 radical (unpaired) electrons. The van der Waals surface area contributed by atoms with Gasteiger partial charge in [0.1, 0.15) is 5.82 Å². The zero-order valence-electron chi connectivity index (χ0n) is 8.21. The molecule has 16 heavy (non-hydrogen) atoms. The third-order valence-electron chi connectivity index (χ3n) is 1.88. The van der Waals surface area contributed by atoms with E-state index in [1.165, 1.54) is 6.20 Å². The number of nitrogens with two attached hydrogens (primary N) is 1. The van der Waals surface area contributed by atoms with Crippen LogP contribution in [0.3, 0.4) is 0 Å². The van der Waals surface area contributed by atoms with Gasteiger partial charge >= 0.3 is 0 Å². The van der Waals surface area contributed by atoms with E-state index < -0.39 is 0 Å². The minimum Gasteiger partial charge on any atom is -0.383 e. The number of hydrogen-bond donors (Lipinski definition) is 3. The highest BCUT2D eigenvalue weighted by Gasteiger charge is 2.10. The highest BCUT2D eigenvalue weighted by atomic mass is 16.1. The highest BCUT2D eigenvalue weighted by Crippen LogP contribution is 2.06. The Morgan fingerprint density at radius 3 is 3.12 bits per heavy atom. The lowest BCUT2D eigenvalue weighted by Gasteiger charge is -2.03. The fraction of sp³-hybridized carbons (Fsp3) is 0.125. The Labute approximate surface area is 90.3 Å². The van der Waals surface area contributed by atoms with Crippen molar-refractivity contribution in [1.29, 1.82) is 0 Å². The normalized spacial score (nSPS) is 10.0. The molecular weight excluding hydrogens is 210 g/mol. The monoisotopic (exact) mass is 219 g/mol. The highest BCUT2D eigenvalue weighted by molar-refractivity contribution is 5.98. The Kier molecular flexibility index (Phi) is 2.72. The molecule has 0 aromatic carbocycles. The van der Waals surface area contributed by atoms with Crippen LogP contribution in [-0.4, -0.2) is 31.5 Å². The molecule has 0 bridgehead atoms. The van der Waals surface area contributed by atoms with E-state index in [4.69, 9.17) is 5.73 Å². The first-order chi connectivity index (χ1) is 7.77. The summed E-state index contributed by atoms with van der Waals surface area (Å²) in [6.07, 6.45) is 1.52. The molecule has 0 saturated carbocycles.